The fraction of sp³-hybridized carbons (Fsp3) is 0.636. The number of aryl methyl sites for hydroxylation is 1. The standard InChI is InChI=1S/C22H31N3O2/c1-23(22(27)18-7-4-8-18)19-11-14-24(15-12-19)16-21(26)25-13-5-9-17-6-2-3-10-20(17)25/h2-3,6,10,18-19H,4-5,7-9,11-16H2,1H3. The molecule has 1 aromatic carbocycles. The number of nitrogens with zero attached hydrogens (tertiary/aromatic N) is 3. The summed E-state index contributed by atoms with van der Waals surface area (Å²) in [6.45, 7) is 3.11. The van der Waals surface area contributed by atoms with E-state index in [9.17, 15) is 9.59 Å². The molecule has 0 radical (unpaired) electrons. The van der Waals surface area contributed by atoms with Crippen LogP contribution < -0.4 is 4.90 Å². The van der Waals surface area contributed by atoms with E-state index in [4.69, 9.17) is 0 Å². The Hall–Kier alpha value is -1.88. The molecule has 2 amide bonds. The number of para-hydroxylation sites is 1. The van der Waals surface area contributed by atoms with Gasteiger partial charge in [0.25, 0.3) is 0 Å². The summed E-state index contributed by atoms with van der Waals surface area (Å²) in [4.78, 5) is 31.6. The minimum Gasteiger partial charge on any atom is -0.342 e. The third-order valence-corrected chi connectivity index (χ3v) is 6.68. The molecular weight excluding hydrogens is 338 g/mol. The zero-order chi connectivity index (χ0) is 18.8. The van der Waals surface area contributed by atoms with Crippen molar-refractivity contribution in [3.8, 4) is 0 Å². The van der Waals surface area contributed by atoms with E-state index in [1.807, 2.05) is 22.9 Å². The Balaban J connectivity index is 1.29. The predicted octanol–water partition coefficient (Wildman–Crippen LogP) is 2.69. The molecule has 27 heavy (non-hydrogen) atoms. The smallest absolute Gasteiger partial charge is 0.241 e. The number of piperidine rings is 1. The molecule has 0 unspecified atom stereocenters. The van der Waals surface area contributed by atoms with Crippen molar-refractivity contribution < 1.29 is 9.59 Å². The maximum atomic E-state index is 12.9. The highest BCUT2D eigenvalue weighted by Gasteiger charge is 2.33. The average Bonchev–Trinajstić information content (AvgIpc) is 2.66. The first-order chi connectivity index (χ1) is 13.1. The fourth-order valence-corrected chi connectivity index (χ4v) is 4.66. The first-order valence-electron chi connectivity index (χ1n) is 10.5. The molecule has 146 valence electrons. The summed E-state index contributed by atoms with van der Waals surface area (Å²) in [5.74, 6) is 0.814. The van der Waals surface area contributed by atoms with E-state index in [0.717, 1.165) is 63.8 Å². The Morgan fingerprint density at radius 1 is 1.04 bits per heavy atom. The van der Waals surface area contributed by atoms with Gasteiger partial charge in [-0.15, -0.1) is 0 Å². The van der Waals surface area contributed by atoms with Crippen LogP contribution in [0.15, 0.2) is 24.3 Å². The van der Waals surface area contributed by atoms with E-state index in [-0.39, 0.29) is 11.8 Å². The van der Waals surface area contributed by atoms with Crippen LogP contribution in [-0.2, 0) is 16.0 Å². The first-order valence-corrected chi connectivity index (χ1v) is 10.5. The average molecular weight is 370 g/mol. The number of hydrogen-bond donors (Lipinski definition) is 0. The second-order valence-corrected chi connectivity index (χ2v) is 8.36. The van der Waals surface area contributed by atoms with Crippen molar-refractivity contribution in [2.45, 2.75) is 51.0 Å². The highest BCUT2D eigenvalue weighted by Crippen LogP contribution is 2.30. The van der Waals surface area contributed by atoms with Crippen LogP contribution >= 0.6 is 0 Å². The predicted molar refractivity (Wildman–Crippen MR) is 107 cm³/mol. The Labute approximate surface area is 162 Å². The number of benzene rings is 1. The lowest BCUT2D eigenvalue weighted by Gasteiger charge is -2.39. The van der Waals surface area contributed by atoms with Crippen molar-refractivity contribution in [1.82, 2.24) is 9.80 Å². The third kappa shape index (κ3) is 3.88. The molecule has 1 aromatic rings. The molecule has 2 heterocycles. The summed E-state index contributed by atoms with van der Waals surface area (Å²) >= 11 is 0. The zero-order valence-corrected chi connectivity index (χ0v) is 16.4. The number of hydrogen-bond acceptors (Lipinski definition) is 3. The van der Waals surface area contributed by atoms with E-state index < -0.39 is 0 Å². The van der Waals surface area contributed by atoms with Crippen LogP contribution in [0.5, 0.6) is 0 Å². The van der Waals surface area contributed by atoms with Crippen LogP contribution in [0.2, 0.25) is 0 Å². The van der Waals surface area contributed by atoms with Gasteiger partial charge < -0.3 is 9.80 Å². The quantitative estimate of drug-likeness (QED) is 0.820. The van der Waals surface area contributed by atoms with Crippen LogP contribution in [-0.4, -0.2) is 60.9 Å². The molecule has 2 fully saturated rings. The van der Waals surface area contributed by atoms with Crippen LogP contribution in [0.25, 0.3) is 0 Å². The van der Waals surface area contributed by atoms with E-state index in [0.29, 0.717) is 18.5 Å². The topological polar surface area (TPSA) is 43.9 Å². The Kier molecular flexibility index (Phi) is 5.48. The Morgan fingerprint density at radius 2 is 1.78 bits per heavy atom. The van der Waals surface area contributed by atoms with Gasteiger partial charge in [0.15, 0.2) is 0 Å². The molecule has 5 nitrogen and oxygen atoms in total. The van der Waals surface area contributed by atoms with Crippen LogP contribution in [0.3, 0.4) is 0 Å². The van der Waals surface area contributed by atoms with Gasteiger partial charge in [0.1, 0.15) is 0 Å². The molecule has 0 bridgehead atoms. The maximum Gasteiger partial charge on any atom is 0.241 e. The SMILES string of the molecule is CN(C(=O)C1CCC1)C1CCN(CC(=O)N2CCCc3ccccc32)CC1. The van der Waals surface area contributed by atoms with Crippen molar-refractivity contribution in [3.63, 3.8) is 0 Å². The molecule has 4 rings (SSSR count). The lowest BCUT2D eigenvalue weighted by molar-refractivity contribution is -0.140. The van der Waals surface area contributed by atoms with Crippen molar-refractivity contribution in [1.29, 1.82) is 0 Å². The number of carbonyl (C=O) groups excluding carboxylic acids is 2. The fourth-order valence-electron chi connectivity index (χ4n) is 4.66. The van der Waals surface area contributed by atoms with Crippen molar-refractivity contribution in [2.24, 2.45) is 5.92 Å². The minimum absolute atomic E-state index is 0.208. The molecule has 0 N–H and O–H groups in total. The highest BCUT2D eigenvalue weighted by atomic mass is 16.2. The van der Waals surface area contributed by atoms with E-state index >= 15 is 0 Å². The summed E-state index contributed by atoms with van der Waals surface area (Å²) in [5.41, 5.74) is 2.38. The van der Waals surface area contributed by atoms with E-state index in [2.05, 4.69) is 23.1 Å². The summed E-state index contributed by atoms with van der Waals surface area (Å²) in [6.07, 6.45) is 7.37. The van der Waals surface area contributed by atoms with Crippen molar-refractivity contribution >= 4 is 17.5 Å². The molecule has 1 saturated carbocycles. The van der Waals surface area contributed by atoms with Crippen LogP contribution in [0.4, 0.5) is 5.69 Å². The monoisotopic (exact) mass is 369 g/mol. The van der Waals surface area contributed by atoms with Gasteiger partial charge in [-0.1, -0.05) is 24.6 Å². The molecule has 2 aliphatic heterocycles. The van der Waals surface area contributed by atoms with Gasteiger partial charge in [-0.25, -0.2) is 0 Å². The molecule has 0 aromatic heterocycles. The summed E-state index contributed by atoms with van der Waals surface area (Å²) in [7, 11) is 1.97. The number of likely N-dealkylation sites (tertiary alicyclic amines) is 1. The molecule has 5 heteroatoms. The van der Waals surface area contributed by atoms with Gasteiger partial charge in [-0.3, -0.25) is 14.5 Å². The number of rotatable bonds is 4. The molecule has 3 aliphatic rings. The number of fused-ring (bicyclic) bond motifs is 1. The van der Waals surface area contributed by atoms with Crippen LogP contribution in [0.1, 0.15) is 44.1 Å². The van der Waals surface area contributed by atoms with Gasteiger partial charge in [0, 0.05) is 44.3 Å². The molecule has 1 aliphatic carbocycles. The van der Waals surface area contributed by atoms with Gasteiger partial charge in [0.2, 0.25) is 11.8 Å². The van der Waals surface area contributed by atoms with E-state index in [1.54, 1.807) is 0 Å². The largest absolute Gasteiger partial charge is 0.342 e. The maximum absolute atomic E-state index is 12.9. The molecule has 0 spiro atoms. The Morgan fingerprint density at radius 3 is 2.48 bits per heavy atom. The van der Waals surface area contributed by atoms with Gasteiger partial charge in [-0.2, -0.15) is 0 Å². The lowest BCUT2D eigenvalue weighted by atomic mass is 9.84. The van der Waals surface area contributed by atoms with Gasteiger partial charge in [0.05, 0.1) is 6.54 Å². The van der Waals surface area contributed by atoms with Gasteiger partial charge in [-0.05, 0) is 50.2 Å². The number of amides is 2. The van der Waals surface area contributed by atoms with Crippen LogP contribution in [0, 0.1) is 5.92 Å². The first kappa shape index (κ1) is 18.5. The van der Waals surface area contributed by atoms with Gasteiger partial charge >= 0.3 is 0 Å². The van der Waals surface area contributed by atoms with Crippen molar-refractivity contribution in [2.75, 3.05) is 38.1 Å². The molecule has 0 atom stereocenters. The van der Waals surface area contributed by atoms with E-state index in [1.165, 1.54) is 12.0 Å². The number of carbonyl (C=O) groups is 2. The Bertz CT molecular complexity index is 693. The normalized spacial score (nSPS) is 21.4. The highest BCUT2D eigenvalue weighted by molar-refractivity contribution is 5.96. The molecular formula is C22H31N3O2. The second-order valence-electron chi connectivity index (χ2n) is 8.36. The molecule has 1 saturated heterocycles. The summed E-state index contributed by atoms with van der Waals surface area (Å²) < 4.78 is 0. The minimum atomic E-state index is 0.208. The lowest BCUT2D eigenvalue weighted by Crippen LogP contribution is -2.50. The summed E-state index contributed by atoms with van der Waals surface area (Å²) in [5, 5.41) is 0. The zero-order valence-electron chi connectivity index (χ0n) is 16.4. The second kappa shape index (κ2) is 8.01. The number of anilines is 1. The van der Waals surface area contributed by atoms with Crippen molar-refractivity contribution in [3.05, 3.63) is 29.8 Å². The third-order valence-electron chi connectivity index (χ3n) is 6.68. The summed E-state index contributed by atoms with van der Waals surface area (Å²) in [6, 6.07) is 8.61.